The van der Waals surface area contributed by atoms with Crippen molar-refractivity contribution in [3.63, 3.8) is 0 Å². The second-order valence-electron chi connectivity index (χ2n) is 15.0. The van der Waals surface area contributed by atoms with Crippen molar-refractivity contribution in [2.75, 3.05) is 47.0 Å². The van der Waals surface area contributed by atoms with Crippen molar-refractivity contribution < 1.29 is 57.2 Å². The lowest BCUT2D eigenvalue weighted by Crippen LogP contribution is -2.54. The molecule has 64 heavy (non-hydrogen) atoms. The van der Waals surface area contributed by atoms with E-state index in [1.54, 1.807) is 50.3 Å². The number of hydrogen-bond acceptors (Lipinski definition) is 14. The van der Waals surface area contributed by atoms with E-state index in [2.05, 4.69) is 20.9 Å². The molecule has 338 valence electrons. The maximum Gasteiger partial charge on any atom is 0.311 e. The maximum atomic E-state index is 13.3. The second kappa shape index (κ2) is 22.3. The number of imide groups is 2. The summed E-state index contributed by atoms with van der Waals surface area (Å²) in [7, 11) is 6.18. The minimum atomic E-state index is -1.09. The number of esters is 1. The standard InChI is InChI=1S/C46H52N6O12/c1-59-35-19-17-29(15-16-30-26-37(60-2)43(62-4)38(27-30)61-3)25-36(35)64-41(55)14-7-9-23-63-24-21-31-28-51(50-49-31)22-8-5-6-13-39(53)47-33-12-10-11-32-42(33)46(58)52(45(32)57)34-18-20-40(54)48-44(34)56/h10-12,15-17,19,25-28,34H,5-9,13-14,18,20-24H2,1-4H3,(H,47,53)(H,48,54,56)/b16-15-. The Morgan fingerprint density at radius 1 is 0.797 bits per heavy atom. The first kappa shape index (κ1) is 46.4. The van der Waals surface area contributed by atoms with E-state index in [4.69, 9.17) is 28.4 Å². The molecular weight excluding hydrogens is 829 g/mol. The van der Waals surface area contributed by atoms with E-state index in [0.717, 1.165) is 34.6 Å². The van der Waals surface area contributed by atoms with Gasteiger partial charge in [-0.3, -0.25) is 43.7 Å². The molecular formula is C46H52N6O12. The molecule has 18 nitrogen and oxygen atoms in total. The highest BCUT2D eigenvalue weighted by Crippen LogP contribution is 2.39. The van der Waals surface area contributed by atoms with Crippen LogP contribution in [0.4, 0.5) is 5.69 Å². The van der Waals surface area contributed by atoms with Crippen molar-refractivity contribution in [3.8, 4) is 28.7 Å². The summed E-state index contributed by atoms with van der Waals surface area (Å²) in [6.45, 7) is 1.54. The number of anilines is 1. The zero-order valence-electron chi connectivity index (χ0n) is 36.3. The number of carbonyl (C=O) groups excluding carboxylic acids is 6. The number of methoxy groups -OCH3 is 4. The number of benzene rings is 3. The number of hydrogen-bond donors (Lipinski definition) is 2. The summed E-state index contributed by atoms with van der Waals surface area (Å²) in [5.74, 6) is -0.818. The van der Waals surface area contributed by atoms with E-state index in [-0.39, 0.29) is 54.4 Å². The smallest absolute Gasteiger partial charge is 0.311 e. The Morgan fingerprint density at radius 3 is 2.27 bits per heavy atom. The molecule has 0 radical (unpaired) electrons. The van der Waals surface area contributed by atoms with Crippen molar-refractivity contribution >= 4 is 53.3 Å². The number of nitrogens with one attached hydrogen (secondary N) is 2. The zero-order chi connectivity index (χ0) is 45.6. The number of nitrogens with zero attached hydrogens (tertiary/aromatic N) is 4. The molecule has 2 aliphatic heterocycles. The number of fused-ring (bicyclic) bond motifs is 1. The molecule has 5 amide bonds. The van der Waals surface area contributed by atoms with Gasteiger partial charge in [-0.1, -0.05) is 35.9 Å². The number of carbonyl (C=O) groups is 6. The first-order valence-corrected chi connectivity index (χ1v) is 21.0. The minimum Gasteiger partial charge on any atom is -0.493 e. The fourth-order valence-corrected chi connectivity index (χ4v) is 7.32. The number of ether oxygens (including phenoxy) is 6. The van der Waals surface area contributed by atoms with Crippen LogP contribution in [-0.2, 0) is 36.9 Å². The van der Waals surface area contributed by atoms with E-state index in [9.17, 15) is 28.8 Å². The van der Waals surface area contributed by atoms with Crippen LogP contribution in [0.3, 0.4) is 0 Å². The summed E-state index contributed by atoms with van der Waals surface area (Å²) in [5, 5.41) is 13.3. The van der Waals surface area contributed by atoms with Gasteiger partial charge in [0.05, 0.1) is 57.6 Å². The number of amides is 5. The Kier molecular flexibility index (Phi) is 16.2. The van der Waals surface area contributed by atoms with Crippen molar-refractivity contribution in [1.82, 2.24) is 25.2 Å². The van der Waals surface area contributed by atoms with Gasteiger partial charge in [-0.15, -0.1) is 5.10 Å². The summed E-state index contributed by atoms with van der Waals surface area (Å²) in [4.78, 5) is 76.8. The van der Waals surface area contributed by atoms with E-state index >= 15 is 0 Å². The van der Waals surface area contributed by atoms with Crippen LogP contribution in [0.25, 0.3) is 12.2 Å². The van der Waals surface area contributed by atoms with E-state index in [1.807, 2.05) is 36.5 Å². The van der Waals surface area contributed by atoms with Crippen LogP contribution in [0, 0.1) is 0 Å². The molecule has 1 fully saturated rings. The van der Waals surface area contributed by atoms with Crippen LogP contribution in [0.15, 0.2) is 54.7 Å². The fourth-order valence-electron chi connectivity index (χ4n) is 7.32. The van der Waals surface area contributed by atoms with Crippen molar-refractivity contribution in [2.24, 2.45) is 0 Å². The largest absolute Gasteiger partial charge is 0.493 e. The van der Waals surface area contributed by atoms with E-state index in [1.165, 1.54) is 13.2 Å². The van der Waals surface area contributed by atoms with Gasteiger partial charge < -0.3 is 33.7 Å². The number of aryl methyl sites for hydroxylation is 1. The van der Waals surface area contributed by atoms with Gasteiger partial charge >= 0.3 is 5.97 Å². The van der Waals surface area contributed by atoms with Gasteiger partial charge in [-0.2, -0.15) is 0 Å². The van der Waals surface area contributed by atoms with Crippen LogP contribution in [-0.4, -0.2) is 103 Å². The van der Waals surface area contributed by atoms with Crippen molar-refractivity contribution in [1.29, 1.82) is 0 Å². The molecule has 2 aliphatic rings. The molecule has 6 rings (SSSR count). The van der Waals surface area contributed by atoms with Crippen molar-refractivity contribution in [2.45, 2.75) is 76.8 Å². The zero-order valence-corrected chi connectivity index (χ0v) is 36.3. The number of aromatic nitrogens is 3. The topological polar surface area (TPSA) is 216 Å². The lowest BCUT2D eigenvalue weighted by Gasteiger charge is -2.27. The maximum absolute atomic E-state index is 13.3. The van der Waals surface area contributed by atoms with Crippen LogP contribution in [0.5, 0.6) is 28.7 Å². The molecule has 18 heteroatoms. The summed E-state index contributed by atoms with van der Waals surface area (Å²) >= 11 is 0. The van der Waals surface area contributed by atoms with Gasteiger partial charge in [0.15, 0.2) is 23.0 Å². The molecule has 2 N–H and O–H groups in total. The number of rotatable bonds is 23. The first-order valence-electron chi connectivity index (χ1n) is 21.0. The predicted molar refractivity (Wildman–Crippen MR) is 232 cm³/mol. The van der Waals surface area contributed by atoms with Crippen LogP contribution in [0.2, 0.25) is 0 Å². The van der Waals surface area contributed by atoms with E-state index < -0.39 is 29.7 Å². The second-order valence-corrected chi connectivity index (χ2v) is 15.0. The SMILES string of the molecule is COc1ccc(/C=C\c2cc(OC)c(OC)c(OC)c2)cc1OC(=O)CCCCOCCc1cn(CCCCCC(=O)Nc2cccc3c2C(=O)N(C2CCC(=O)NC2=O)C3=O)nn1. The highest BCUT2D eigenvalue weighted by atomic mass is 16.6. The Hall–Kier alpha value is -7.08. The van der Waals surface area contributed by atoms with Gasteiger partial charge in [-0.25, -0.2) is 0 Å². The van der Waals surface area contributed by atoms with Crippen molar-refractivity contribution in [3.05, 3.63) is 82.7 Å². The third-order valence-electron chi connectivity index (χ3n) is 10.6. The third-order valence-corrected chi connectivity index (χ3v) is 10.6. The average molecular weight is 881 g/mol. The van der Waals surface area contributed by atoms with Crippen LogP contribution >= 0.6 is 0 Å². The Labute approximate surface area is 370 Å². The molecule has 0 saturated carbocycles. The van der Waals surface area contributed by atoms with Gasteiger partial charge in [0.2, 0.25) is 23.5 Å². The lowest BCUT2D eigenvalue weighted by atomic mass is 10.0. The molecule has 3 heterocycles. The summed E-state index contributed by atoms with van der Waals surface area (Å²) in [6.07, 6.45) is 10.0. The Morgan fingerprint density at radius 2 is 1.53 bits per heavy atom. The average Bonchev–Trinajstić information content (AvgIpc) is 3.85. The van der Waals surface area contributed by atoms with Crippen LogP contribution in [0.1, 0.15) is 95.3 Å². The Balaban J connectivity index is 0.842. The molecule has 4 aromatic rings. The van der Waals surface area contributed by atoms with E-state index in [0.29, 0.717) is 74.2 Å². The first-order chi connectivity index (χ1) is 31.0. The quantitative estimate of drug-likeness (QED) is 0.0313. The summed E-state index contributed by atoms with van der Waals surface area (Å²) < 4.78 is 34.9. The molecule has 1 atom stereocenters. The fraction of sp³-hybridized carbons (Fsp3) is 0.391. The molecule has 0 spiro atoms. The molecule has 0 bridgehead atoms. The van der Waals surface area contributed by atoms with Gasteiger partial charge in [0.1, 0.15) is 6.04 Å². The number of piperidine rings is 1. The van der Waals surface area contributed by atoms with Gasteiger partial charge in [-0.05, 0) is 79.6 Å². The molecule has 0 aliphatic carbocycles. The number of unbranched alkanes of at least 4 members (excludes halogenated alkanes) is 3. The highest BCUT2D eigenvalue weighted by Gasteiger charge is 2.45. The lowest BCUT2D eigenvalue weighted by molar-refractivity contribution is -0.136. The van der Waals surface area contributed by atoms with Crippen LogP contribution < -0.4 is 34.3 Å². The minimum absolute atomic E-state index is 0.0169. The summed E-state index contributed by atoms with van der Waals surface area (Å²) in [5.41, 5.74) is 2.75. The highest BCUT2D eigenvalue weighted by molar-refractivity contribution is 6.26. The predicted octanol–water partition coefficient (Wildman–Crippen LogP) is 5.42. The molecule has 1 unspecified atom stereocenters. The molecule has 3 aromatic carbocycles. The Bertz CT molecular complexity index is 2370. The monoisotopic (exact) mass is 880 g/mol. The molecule has 1 saturated heterocycles. The normalized spacial score (nSPS) is 14.7. The third kappa shape index (κ3) is 11.7. The summed E-state index contributed by atoms with van der Waals surface area (Å²) in [6, 6.07) is 12.5. The molecule has 1 aromatic heterocycles. The van der Waals surface area contributed by atoms with Gasteiger partial charge in [0, 0.05) is 45.0 Å². The van der Waals surface area contributed by atoms with Gasteiger partial charge in [0.25, 0.3) is 11.8 Å².